The van der Waals surface area contributed by atoms with E-state index in [0.29, 0.717) is 5.92 Å². The van der Waals surface area contributed by atoms with Gasteiger partial charge in [-0.2, -0.15) is 0 Å². The Bertz CT molecular complexity index is 898. The van der Waals surface area contributed by atoms with Gasteiger partial charge in [0.2, 0.25) is 5.91 Å². The molecular formula is C33H56BN2O3. The molecule has 0 spiro atoms. The van der Waals surface area contributed by atoms with E-state index in [4.69, 9.17) is 12.2 Å². The molecule has 0 aromatic rings. The smallest absolute Gasteiger partial charge is 0.0458 e. The van der Waals surface area contributed by atoms with Crippen LogP contribution in [-0.4, -0.2) is 67.4 Å². The molecule has 0 saturated heterocycles. The monoisotopic (exact) mass is 539 g/mol. The predicted octanol–water partition coefficient (Wildman–Crippen LogP) is 7.02. The first-order valence-corrected chi connectivity index (χ1v) is 15.0. The molecule has 0 N–H and O–H groups in total. The van der Waals surface area contributed by atoms with Gasteiger partial charge >= 0.3 is 98.6 Å². The number of nitrogens with zero attached hydrogens (tertiary/aromatic N) is 2. The quantitative estimate of drug-likeness (QED) is 0.0831. The van der Waals surface area contributed by atoms with E-state index >= 15 is 0 Å². The summed E-state index contributed by atoms with van der Waals surface area (Å²) in [5.74, 6) is 3.01. The molecule has 2 aliphatic carbocycles. The average Bonchev–Trinajstić information content (AvgIpc) is 3.67. The van der Waals surface area contributed by atoms with Gasteiger partial charge in [0.25, 0.3) is 0 Å². The Labute approximate surface area is 241 Å². The van der Waals surface area contributed by atoms with Gasteiger partial charge in [-0.25, -0.2) is 0 Å². The van der Waals surface area contributed by atoms with Crippen molar-refractivity contribution < 1.29 is 14.3 Å². The zero-order chi connectivity index (χ0) is 29.8. The van der Waals surface area contributed by atoms with E-state index in [2.05, 4.69) is 48.5 Å². The first-order valence-electron chi connectivity index (χ1n) is 15.0. The van der Waals surface area contributed by atoms with Crippen LogP contribution in [0.25, 0.3) is 0 Å². The molecule has 2 saturated carbocycles. The van der Waals surface area contributed by atoms with Gasteiger partial charge in [-0.05, 0) is 71.3 Å². The summed E-state index contributed by atoms with van der Waals surface area (Å²) < 4.78 is 6.12. The maximum absolute atomic E-state index is 12.5. The van der Waals surface area contributed by atoms with Crippen molar-refractivity contribution in [1.29, 1.82) is 0 Å². The number of carbonyl (C=O) groups is 2. The number of unbranched alkanes of at least 4 members (excludes halogenated alkanes) is 2. The second-order valence-electron chi connectivity index (χ2n) is 12.7. The molecule has 2 fully saturated rings. The first-order chi connectivity index (χ1) is 18.2. The van der Waals surface area contributed by atoms with Crippen LogP contribution in [0, 0.1) is 11.8 Å². The standard InChI is InChI=1S/C17H31NO2.C16H25BNO/c1-11(2)12(3)16(19)18(8)13(4)15(14-9-10-14)20-17(5,6)7;1-14(15-9-6-10-15)8-4-3-5-13-18(2)16(19)11-7-12-17/h11-13H,9-10H2,1-8H3;7,11-12H,3-6,8-10,13H2,1-2H3/b;11-7-. The zero-order valence-corrected chi connectivity index (χ0v) is 26.7. The summed E-state index contributed by atoms with van der Waals surface area (Å²) in [6, 6.07) is 0.0143. The Morgan fingerprint density at radius 2 is 1.59 bits per heavy atom. The molecule has 39 heavy (non-hydrogen) atoms. The van der Waals surface area contributed by atoms with Gasteiger partial charge in [-0.15, -0.1) is 0 Å². The first kappa shape index (κ1) is 34.9. The van der Waals surface area contributed by atoms with Crippen molar-refractivity contribution in [1.82, 2.24) is 9.80 Å². The Morgan fingerprint density at radius 1 is 0.974 bits per heavy atom. The summed E-state index contributed by atoms with van der Waals surface area (Å²) in [6.07, 6.45) is 14.1. The normalized spacial score (nSPS) is 16.1. The van der Waals surface area contributed by atoms with E-state index in [-0.39, 0.29) is 29.4 Å². The van der Waals surface area contributed by atoms with Gasteiger partial charge in [0, 0.05) is 13.0 Å². The number of allylic oxidation sites excluding steroid dienone is 4. The summed E-state index contributed by atoms with van der Waals surface area (Å²) in [6.45, 7) is 17.5. The topological polar surface area (TPSA) is 49.9 Å². The number of likely N-dealkylation sites (N-methyl/N-ethyl adjacent to an activating group) is 2. The van der Waals surface area contributed by atoms with Crippen LogP contribution in [0.15, 0.2) is 34.6 Å². The van der Waals surface area contributed by atoms with Gasteiger partial charge in [-0.3, -0.25) is 4.79 Å². The van der Waals surface area contributed by atoms with E-state index in [1.165, 1.54) is 56.1 Å². The minimum absolute atomic E-state index is 0.0143. The van der Waals surface area contributed by atoms with Crippen molar-refractivity contribution in [2.75, 3.05) is 20.6 Å². The fourth-order valence-corrected chi connectivity index (χ4v) is 4.31. The van der Waals surface area contributed by atoms with Crippen LogP contribution in [0.1, 0.15) is 113 Å². The SMILES string of the molecule is CC(C)C(C)C(=O)N(C)C(C)C(OC(C)(C)C)=C1CC1.[B]=C/C=C\C(=O)N(C)CCCCCC(C)=C1CCC1. The van der Waals surface area contributed by atoms with E-state index in [0.717, 1.165) is 31.6 Å². The van der Waals surface area contributed by atoms with E-state index in [1.54, 1.807) is 22.1 Å². The molecule has 0 aliphatic heterocycles. The van der Waals surface area contributed by atoms with Gasteiger partial charge in [-0.1, -0.05) is 20.8 Å². The van der Waals surface area contributed by atoms with Gasteiger partial charge in [0.05, 0.1) is 6.04 Å². The molecule has 2 unspecified atom stereocenters. The molecule has 2 atom stereocenters. The molecule has 6 heteroatoms. The molecule has 2 amide bonds. The number of amides is 2. The number of rotatable bonds is 13. The number of ether oxygens (including phenoxy) is 1. The fourth-order valence-electron chi connectivity index (χ4n) is 4.31. The van der Waals surface area contributed by atoms with Gasteiger partial charge < -0.3 is 9.64 Å². The van der Waals surface area contributed by atoms with Crippen molar-refractivity contribution in [2.24, 2.45) is 11.8 Å². The van der Waals surface area contributed by atoms with Gasteiger partial charge in [0.15, 0.2) is 0 Å². The van der Waals surface area contributed by atoms with Crippen LogP contribution < -0.4 is 0 Å². The number of hydrogen-bond acceptors (Lipinski definition) is 3. The minimum Gasteiger partial charge on any atom is -0.0458 e. The third-order valence-electron chi connectivity index (χ3n) is 7.79. The average molecular weight is 540 g/mol. The van der Waals surface area contributed by atoms with Crippen LogP contribution in [0.4, 0.5) is 0 Å². The molecule has 5 nitrogen and oxygen atoms in total. The van der Waals surface area contributed by atoms with E-state index in [9.17, 15) is 9.59 Å². The Morgan fingerprint density at radius 3 is 2.05 bits per heavy atom. The fraction of sp³-hybridized carbons (Fsp3) is 0.727. The third-order valence-corrected chi connectivity index (χ3v) is 7.79. The molecule has 2 rings (SSSR count). The van der Waals surface area contributed by atoms with Crippen molar-refractivity contribution >= 4 is 25.3 Å². The summed E-state index contributed by atoms with van der Waals surface area (Å²) in [7, 11) is 8.93. The van der Waals surface area contributed by atoms with Crippen molar-refractivity contribution in [3.63, 3.8) is 0 Å². The van der Waals surface area contributed by atoms with Crippen molar-refractivity contribution in [2.45, 2.75) is 125 Å². The Hall–Kier alpha value is -2.11. The van der Waals surface area contributed by atoms with Crippen LogP contribution in [0.5, 0.6) is 0 Å². The minimum atomic E-state index is -0.216. The molecule has 219 valence electrons. The third kappa shape index (κ3) is 13.2. The second kappa shape index (κ2) is 16.9. The van der Waals surface area contributed by atoms with Crippen molar-refractivity contribution in [3.05, 3.63) is 34.6 Å². The zero-order valence-electron chi connectivity index (χ0n) is 26.7. The molecule has 1 radical (unpaired) electrons. The molecule has 0 heterocycles. The van der Waals surface area contributed by atoms with Crippen molar-refractivity contribution in [3.8, 4) is 0 Å². The summed E-state index contributed by atoms with van der Waals surface area (Å²) in [5.41, 5.74) is 4.45. The molecule has 0 aromatic heterocycles. The second-order valence-corrected chi connectivity index (χ2v) is 12.7. The van der Waals surface area contributed by atoms with Gasteiger partial charge in [0.1, 0.15) is 11.4 Å². The number of carbonyl (C=O) groups excluding carboxylic acids is 2. The van der Waals surface area contributed by atoms with Crippen LogP contribution >= 0.6 is 0 Å². The summed E-state index contributed by atoms with van der Waals surface area (Å²) in [5, 5.41) is 0. The summed E-state index contributed by atoms with van der Waals surface area (Å²) >= 11 is 0. The molecular weight excluding hydrogens is 483 g/mol. The van der Waals surface area contributed by atoms with E-state index < -0.39 is 0 Å². The van der Waals surface area contributed by atoms with E-state index in [1.807, 2.05) is 25.9 Å². The van der Waals surface area contributed by atoms with Crippen LogP contribution in [-0.2, 0) is 14.3 Å². The van der Waals surface area contributed by atoms with Crippen LogP contribution in [0.2, 0.25) is 0 Å². The maximum atomic E-state index is 12.5. The molecule has 0 bridgehead atoms. The number of hydrogen-bond donors (Lipinski definition) is 0. The Balaban J connectivity index is 0.000000391. The summed E-state index contributed by atoms with van der Waals surface area (Å²) in [4.78, 5) is 27.6. The molecule has 2 aliphatic rings. The Kier molecular flexibility index (Phi) is 15.1. The van der Waals surface area contributed by atoms with Crippen LogP contribution in [0.3, 0.4) is 0 Å². The molecule has 0 aromatic carbocycles. The predicted molar refractivity (Wildman–Crippen MR) is 167 cm³/mol.